The molecule has 0 unspecified atom stereocenters. The summed E-state index contributed by atoms with van der Waals surface area (Å²) in [6.07, 6.45) is 0. The molecule has 0 aliphatic heterocycles. The van der Waals surface area contributed by atoms with Crippen molar-refractivity contribution in [3.05, 3.63) is 22.4 Å². The molecule has 1 aromatic heterocycles. The highest BCUT2D eigenvalue weighted by atomic mass is 35.5. The van der Waals surface area contributed by atoms with Crippen LogP contribution >= 0.6 is 23.2 Å². The van der Waals surface area contributed by atoms with Gasteiger partial charge in [0, 0.05) is 11.2 Å². The van der Waals surface area contributed by atoms with Crippen LogP contribution in [0.5, 0.6) is 0 Å². The highest BCUT2D eigenvalue weighted by Crippen LogP contribution is 2.03. The van der Waals surface area contributed by atoms with Crippen molar-refractivity contribution >= 4 is 23.2 Å². The molecule has 1 aromatic rings. The summed E-state index contributed by atoms with van der Waals surface area (Å²) >= 11 is 11.1. The van der Waals surface area contributed by atoms with Gasteiger partial charge in [-0.2, -0.15) is 0 Å². The number of hydrogen-bond acceptors (Lipinski definition) is 1. The third-order valence-electron chi connectivity index (χ3n) is 0.913. The Morgan fingerprint density at radius 2 is 2.11 bits per heavy atom. The van der Waals surface area contributed by atoms with Crippen molar-refractivity contribution < 1.29 is 4.68 Å². The zero-order valence-electron chi connectivity index (χ0n) is 4.81. The minimum Gasteiger partial charge on any atom is -0.0741 e. The molecule has 0 bridgehead atoms. The smallest absolute Gasteiger partial charge is 0.0741 e. The van der Waals surface area contributed by atoms with Gasteiger partial charge in [0.2, 0.25) is 0 Å². The van der Waals surface area contributed by atoms with E-state index in [1.54, 1.807) is 19.2 Å². The van der Waals surface area contributed by atoms with Crippen molar-refractivity contribution in [2.75, 3.05) is 0 Å². The first-order chi connectivity index (χ1) is 4.20. The van der Waals surface area contributed by atoms with Crippen LogP contribution in [0.4, 0.5) is 0 Å². The molecule has 1 rings (SSSR count). The number of rotatable bonds is 0. The number of nitrogens with zero attached hydrogens (tertiary/aromatic N) is 2. The molecule has 0 aliphatic carbocycles. The van der Waals surface area contributed by atoms with Crippen molar-refractivity contribution in [2.45, 2.75) is 0 Å². The molecule has 0 saturated heterocycles. The van der Waals surface area contributed by atoms with E-state index in [0.29, 0.717) is 10.3 Å². The van der Waals surface area contributed by atoms with Crippen molar-refractivity contribution in [1.29, 1.82) is 0 Å². The lowest BCUT2D eigenvalue weighted by Gasteiger charge is -1.85. The summed E-state index contributed by atoms with van der Waals surface area (Å²) in [6.45, 7) is 0. The van der Waals surface area contributed by atoms with Crippen LogP contribution < -0.4 is 4.68 Å². The molecule has 1 heterocycles. The predicted molar refractivity (Wildman–Crippen MR) is 35.4 cm³/mol. The maximum Gasteiger partial charge on any atom is 0.300 e. The summed E-state index contributed by atoms with van der Waals surface area (Å²) in [5.41, 5.74) is 0. The van der Waals surface area contributed by atoms with Crippen LogP contribution in [0.25, 0.3) is 0 Å². The molecule has 0 saturated carbocycles. The number of aromatic nitrogens is 2. The van der Waals surface area contributed by atoms with Crippen LogP contribution in [-0.2, 0) is 7.05 Å². The molecular weight excluding hydrogens is 159 g/mol. The zero-order valence-corrected chi connectivity index (χ0v) is 6.32. The monoisotopic (exact) mass is 163 g/mol. The van der Waals surface area contributed by atoms with Gasteiger partial charge in [-0.1, -0.05) is 16.3 Å². The lowest BCUT2D eigenvalue weighted by molar-refractivity contribution is -0.728. The Hall–Kier alpha value is -0.340. The van der Waals surface area contributed by atoms with Gasteiger partial charge in [-0.15, -0.1) is 0 Å². The second kappa shape index (κ2) is 2.50. The molecule has 0 amide bonds. The molecule has 0 fully saturated rings. The van der Waals surface area contributed by atoms with E-state index in [2.05, 4.69) is 5.10 Å². The van der Waals surface area contributed by atoms with Gasteiger partial charge in [0.05, 0.1) is 0 Å². The Bertz CT molecular complexity index is 224. The van der Waals surface area contributed by atoms with Gasteiger partial charge in [0.25, 0.3) is 5.15 Å². The standard InChI is InChI=1S/C5H5Cl2N2/c1-9-5(7)3-2-4(6)8-9/h2-3H,1H3/q+1. The van der Waals surface area contributed by atoms with E-state index in [0.717, 1.165) is 0 Å². The molecule has 0 spiro atoms. The van der Waals surface area contributed by atoms with Crippen molar-refractivity contribution in [3.63, 3.8) is 0 Å². The number of hydrogen-bond donors (Lipinski definition) is 0. The predicted octanol–water partition coefficient (Wildman–Crippen LogP) is 1.21. The van der Waals surface area contributed by atoms with Crippen molar-refractivity contribution in [2.24, 2.45) is 7.05 Å². The Kier molecular flexibility index (Phi) is 1.88. The Balaban J connectivity index is 3.17. The molecule has 4 heteroatoms. The summed E-state index contributed by atoms with van der Waals surface area (Å²) in [6, 6.07) is 3.33. The number of halogens is 2. The van der Waals surface area contributed by atoms with Gasteiger partial charge in [-0.3, -0.25) is 0 Å². The lowest BCUT2D eigenvalue weighted by atomic mass is 10.6. The van der Waals surface area contributed by atoms with E-state index < -0.39 is 0 Å². The average Bonchev–Trinajstić information content (AvgIpc) is 1.80. The van der Waals surface area contributed by atoms with Gasteiger partial charge in [-0.05, 0) is 17.7 Å². The molecule has 0 N–H and O–H groups in total. The van der Waals surface area contributed by atoms with E-state index >= 15 is 0 Å². The normalized spacial score (nSPS) is 9.67. The topological polar surface area (TPSA) is 16.8 Å². The molecule has 0 radical (unpaired) electrons. The van der Waals surface area contributed by atoms with Crippen molar-refractivity contribution in [3.8, 4) is 0 Å². The van der Waals surface area contributed by atoms with Crippen LogP contribution in [0.15, 0.2) is 12.1 Å². The van der Waals surface area contributed by atoms with E-state index in [1.807, 2.05) is 0 Å². The van der Waals surface area contributed by atoms with Crippen LogP contribution in [0.2, 0.25) is 10.3 Å². The third-order valence-corrected chi connectivity index (χ3v) is 1.49. The van der Waals surface area contributed by atoms with Crippen LogP contribution in [0, 0.1) is 0 Å². The minimum atomic E-state index is 0.446. The van der Waals surface area contributed by atoms with Gasteiger partial charge >= 0.3 is 0 Å². The molecule has 48 valence electrons. The van der Waals surface area contributed by atoms with Gasteiger partial charge in [0.1, 0.15) is 0 Å². The summed E-state index contributed by atoms with van der Waals surface area (Å²) in [4.78, 5) is 0. The van der Waals surface area contributed by atoms with Crippen LogP contribution in [-0.4, -0.2) is 5.10 Å². The zero-order chi connectivity index (χ0) is 6.85. The summed E-state index contributed by atoms with van der Waals surface area (Å²) in [5, 5.41) is 4.84. The van der Waals surface area contributed by atoms with Gasteiger partial charge < -0.3 is 0 Å². The first-order valence-electron chi connectivity index (χ1n) is 2.38. The highest BCUT2D eigenvalue weighted by Gasteiger charge is 2.02. The maximum atomic E-state index is 5.62. The first kappa shape index (κ1) is 6.78. The van der Waals surface area contributed by atoms with E-state index in [4.69, 9.17) is 23.2 Å². The maximum absolute atomic E-state index is 5.62. The van der Waals surface area contributed by atoms with Crippen molar-refractivity contribution in [1.82, 2.24) is 5.10 Å². The molecular formula is C5H5Cl2N2+. The SMILES string of the molecule is C[n+]1nc(Cl)ccc1Cl. The summed E-state index contributed by atoms with van der Waals surface area (Å²) in [7, 11) is 1.73. The highest BCUT2D eigenvalue weighted by molar-refractivity contribution is 6.30. The molecule has 9 heavy (non-hydrogen) atoms. The summed E-state index contributed by atoms with van der Waals surface area (Å²) < 4.78 is 1.50. The summed E-state index contributed by atoms with van der Waals surface area (Å²) in [5.74, 6) is 0. The average molecular weight is 164 g/mol. The lowest BCUT2D eigenvalue weighted by Crippen LogP contribution is -2.33. The Morgan fingerprint density at radius 3 is 2.56 bits per heavy atom. The van der Waals surface area contributed by atoms with Crippen LogP contribution in [0.1, 0.15) is 0 Å². The second-order valence-electron chi connectivity index (χ2n) is 1.60. The quantitative estimate of drug-likeness (QED) is 0.526. The second-order valence-corrected chi connectivity index (χ2v) is 2.38. The fraction of sp³-hybridized carbons (Fsp3) is 0.200. The largest absolute Gasteiger partial charge is 0.300 e. The molecule has 0 atom stereocenters. The minimum absolute atomic E-state index is 0.446. The fourth-order valence-electron chi connectivity index (χ4n) is 0.470. The van der Waals surface area contributed by atoms with Gasteiger partial charge in [0.15, 0.2) is 12.2 Å². The number of aryl methyl sites for hydroxylation is 1. The van der Waals surface area contributed by atoms with E-state index in [-0.39, 0.29) is 0 Å². The third kappa shape index (κ3) is 1.53. The molecule has 2 nitrogen and oxygen atoms in total. The van der Waals surface area contributed by atoms with Gasteiger partial charge in [-0.25, -0.2) is 0 Å². The van der Waals surface area contributed by atoms with E-state index in [1.165, 1.54) is 4.68 Å². The first-order valence-corrected chi connectivity index (χ1v) is 3.14. The van der Waals surface area contributed by atoms with Crippen LogP contribution in [0.3, 0.4) is 0 Å². The molecule has 0 aromatic carbocycles. The Morgan fingerprint density at radius 1 is 1.44 bits per heavy atom. The fourth-order valence-corrected chi connectivity index (χ4v) is 0.747. The molecule has 0 aliphatic rings. The Labute approximate surface area is 63.0 Å². The van der Waals surface area contributed by atoms with E-state index in [9.17, 15) is 0 Å².